The highest BCUT2D eigenvalue weighted by atomic mass is 32.2. The Hall–Kier alpha value is -2.84. The second-order valence-electron chi connectivity index (χ2n) is 8.96. The molecule has 2 aromatic rings. The van der Waals surface area contributed by atoms with Crippen molar-refractivity contribution in [2.45, 2.75) is 37.8 Å². The van der Waals surface area contributed by atoms with Gasteiger partial charge in [-0.2, -0.15) is 4.31 Å². The summed E-state index contributed by atoms with van der Waals surface area (Å²) in [6.45, 7) is 6.78. The minimum Gasteiger partial charge on any atom is -0.453 e. The maximum atomic E-state index is 13.1. The molecule has 1 aromatic heterocycles. The summed E-state index contributed by atoms with van der Waals surface area (Å²) in [6.07, 6.45) is -0.295. The lowest BCUT2D eigenvalue weighted by Gasteiger charge is -2.30. The third-order valence-corrected chi connectivity index (χ3v) is 9.44. The molecule has 4 rings (SSSR count). The first kappa shape index (κ1) is 27.2. The Morgan fingerprint density at radius 2 is 1.73 bits per heavy atom. The highest BCUT2D eigenvalue weighted by Crippen LogP contribution is 2.38. The van der Waals surface area contributed by atoms with Crippen molar-refractivity contribution in [1.29, 1.82) is 0 Å². The molecule has 0 bridgehead atoms. The number of nitrogens with one attached hydrogen (secondary N) is 2. The van der Waals surface area contributed by atoms with Crippen molar-refractivity contribution >= 4 is 44.3 Å². The fourth-order valence-corrected chi connectivity index (χ4v) is 6.96. The van der Waals surface area contributed by atoms with Gasteiger partial charge in [0.05, 0.1) is 30.8 Å². The standard InChI is InChI=1S/C24H30N4O7S2/c1-15(2)27-9-8-18-19(14-27)36-23(20(18)22(30)26-24(31)34-3)25-21(29)16-4-6-17(7-5-16)37(32,33)28-10-12-35-13-11-28/h4-7,15H,8-14H2,1-3H3,(H,25,29)(H,26,30,31). The van der Waals surface area contributed by atoms with Crippen molar-refractivity contribution < 1.29 is 32.3 Å². The molecule has 2 aliphatic heterocycles. The molecule has 11 nitrogen and oxygen atoms in total. The minimum absolute atomic E-state index is 0.0875. The number of nitrogens with zero attached hydrogens (tertiary/aromatic N) is 2. The first-order chi connectivity index (χ1) is 17.6. The number of rotatable bonds is 6. The summed E-state index contributed by atoms with van der Waals surface area (Å²) in [5.74, 6) is -1.15. The Bertz CT molecular complexity index is 1280. The number of ether oxygens (including phenoxy) is 2. The van der Waals surface area contributed by atoms with E-state index in [0.717, 1.165) is 24.1 Å². The van der Waals surface area contributed by atoms with Crippen molar-refractivity contribution in [3.63, 3.8) is 0 Å². The van der Waals surface area contributed by atoms with Crippen LogP contribution in [0.5, 0.6) is 0 Å². The second kappa shape index (κ2) is 11.3. The van der Waals surface area contributed by atoms with Gasteiger partial charge in [-0.05, 0) is 50.1 Å². The number of fused-ring (bicyclic) bond motifs is 1. The minimum atomic E-state index is -3.69. The predicted molar refractivity (Wildman–Crippen MR) is 137 cm³/mol. The lowest BCUT2D eigenvalue weighted by Crippen LogP contribution is -2.40. The summed E-state index contributed by atoms with van der Waals surface area (Å²) >= 11 is 1.29. The molecule has 0 atom stereocenters. The third kappa shape index (κ3) is 5.85. The summed E-state index contributed by atoms with van der Waals surface area (Å²) in [5, 5.41) is 5.31. The van der Waals surface area contributed by atoms with Crippen LogP contribution < -0.4 is 10.6 Å². The number of carbonyl (C=O) groups excluding carboxylic acids is 3. The number of hydrogen-bond acceptors (Lipinski definition) is 9. The Kier molecular flexibility index (Phi) is 8.29. The molecular weight excluding hydrogens is 520 g/mol. The molecule has 37 heavy (non-hydrogen) atoms. The molecule has 0 radical (unpaired) electrons. The van der Waals surface area contributed by atoms with Gasteiger partial charge >= 0.3 is 6.09 Å². The van der Waals surface area contributed by atoms with Crippen molar-refractivity contribution in [3.8, 4) is 0 Å². The van der Waals surface area contributed by atoms with Crippen LogP contribution in [-0.4, -0.2) is 81.5 Å². The SMILES string of the molecule is COC(=O)NC(=O)c1c(NC(=O)c2ccc(S(=O)(=O)N3CCOCC3)cc2)sc2c1CCN(C(C)C)C2. The van der Waals surface area contributed by atoms with Gasteiger partial charge in [0.2, 0.25) is 10.0 Å². The van der Waals surface area contributed by atoms with E-state index in [2.05, 4.69) is 34.1 Å². The molecule has 13 heteroatoms. The zero-order chi connectivity index (χ0) is 26.7. The predicted octanol–water partition coefficient (Wildman–Crippen LogP) is 2.28. The molecule has 2 aliphatic rings. The quantitative estimate of drug-likeness (QED) is 0.560. The zero-order valence-electron chi connectivity index (χ0n) is 20.9. The molecule has 3 heterocycles. The molecular formula is C24H30N4O7S2. The van der Waals surface area contributed by atoms with Gasteiger partial charge in [0.15, 0.2) is 0 Å². The molecule has 2 N–H and O–H groups in total. The largest absolute Gasteiger partial charge is 0.453 e. The van der Waals surface area contributed by atoms with Gasteiger partial charge in [-0.25, -0.2) is 13.2 Å². The van der Waals surface area contributed by atoms with Gasteiger partial charge in [-0.3, -0.25) is 19.8 Å². The number of alkyl carbamates (subject to hydrolysis) is 1. The van der Waals surface area contributed by atoms with Crippen molar-refractivity contribution in [3.05, 3.63) is 45.8 Å². The van der Waals surface area contributed by atoms with Crippen LogP contribution in [0, 0.1) is 0 Å². The van der Waals surface area contributed by atoms with Crippen LogP contribution in [0.1, 0.15) is 45.0 Å². The van der Waals surface area contributed by atoms with E-state index in [4.69, 9.17) is 4.74 Å². The molecule has 1 aromatic carbocycles. The lowest BCUT2D eigenvalue weighted by atomic mass is 10.0. The topological polar surface area (TPSA) is 134 Å². The molecule has 3 amide bonds. The smallest absolute Gasteiger partial charge is 0.413 e. The van der Waals surface area contributed by atoms with Gasteiger partial charge in [-0.1, -0.05) is 0 Å². The zero-order valence-corrected chi connectivity index (χ0v) is 22.5. The Morgan fingerprint density at radius 3 is 2.35 bits per heavy atom. The van der Waals surface area contributed by atoms with E-state index < -0.39 is 27.9 Å². The lowest BCUT2D eigenvalue weighted by molar-refractivity contribution is 0.0730. The summed E-state index contributed by atoms with van der Waals surface area (Å²) < 4.78 is 36.9. The summed E-state index contributed by atoms with van der Waals surface area (Å²) in [5.41, 5.74) is 1.27. The Balaban J connectivity index is 1.58. The Morgan fingerprint density at radius 1 is 1.05 bits per heavy atom. The first-order valence-electron chi connectivity index (χ1n) is 11.9. The molecule has 200 valence electrons. The first-order valence-corrected chi connectivity index (χ1v) is 14.1. The summed E-state index contributed by atoms with van der Waals surface area (Å²) in [6, 6.07) is 5.97. The number of hydrogen-bond donors (Lipinski definition) is 2. The van der Waals surface area contributed by atoms with E-state index in [0.29, 0.717) is 37.2 Å². The van der Waals surface area contributed by atoms with Gasteiger partial charge in [0.25, 0.3) is 11.8 Å². The normalized spacial score (nSPS) is 16.8. The number of imide groups is 1. The average molecular weight is 551 g/mol. The molecule has 0 unspecified atom stereocenters. The fraction of sp³-hybridized carbons (Fsp3) is 0.458. The van der Waals surface area contributed by atoms with Gasteiger partial charge in [-0.15, -0.1) is 11.3 Å². The van der Waals surface area contributed by atoms with E-state index >= 15 is 0 Å². The number of morpholine rings is 1. The summed E-state index contributed by atoms with van der Waals surface area (Å²) in [7, 11) is -2.52. The number of carbonyl (C=O) groups is 3. The van der Waals surface area contributed by atoms with Crippen LogP contribution in [0.4, 0.5) is 9.80 Å². The van der Waals surface area contributed by atoms with E-state index in [9.17, 15) is 22.8 Å². The van der Waals surface area contributed by atoms with E-state index in [1.807, 2.05) is 0 Å². The maximum absolute atomic E-state index is 13.1. The molecule has 0 saturated carbocycles. The van der Waals surface area contributed by atoms with Gasteiger partial charge in [0, 0.05) is 42.7 Å². The van der Waals surface area contributed by atoms with Crippen LogP contribution >= 0.6 is 11.3 Å². The molecule has 1 fully saturated rings. The second-order valence-corrected chi connectivity index (χ2v) is 12.0. The van der Waals surface area contributed by atoms with Crippen LogP contribution in [0.3, 0.4) is 0 Å². The molecule has 0 aliphatic carbocycles. The van der Waals surface area contributed by atoms with E-state index in [1.54, 1.807) is 0 Å². The molecule has 0 spiro atoms. The number of benzene rings is 1. The van der Waals surface area contributed by atoms with Crippen LogP contribution in [0.2, 0.25) is 0 Å². The van der Waals surface area contributed by atoms with Gasteiger partial charge in [0.1, 0.15) is 5.00 Å². The highest BCUT2D eigenvalue weighted by molar-refractivity contribution is 7.89. The number of anilines is 1. The van der Waals surface area contributed by atoms with Crippen LogP contribution in [0.25, 0.3) is 0 Å². The number of thiophene rings is 1. The fourth-order valence-electron chi connectivity index (χ4n) is 4.29. The van der Waals surface area contributed by atoms with Gasteiger partial charge < -0.3 is 14.8 Å². The summed E-state index contributed by atoms with van der Waals surface area (Å²) in [4.78, 5) is 41.1. The maximum Gasteiger partial charge on any atom is 0.413 e. The van der Waals surface area contributed by atoms with Crippen molar-refractivity contribution in [2.75, 3.05) is 45.3 Å². The third-order valence-electron chi connectivity index (χ3n) is 6.40. The van der Waals surface area contributed by atoms with Crippen LogP contribution in [0.15, 0.2) is 29.2 Å². The molecule has 1 saturated heterocycles. The van der Waals surface area contributed by atoms with Crippen LogP contribution in [-0.2, 0) is 32.5 Å². The number of methoxy groups -OCH3 is 1. The van der Waals surface area contributed by atoms with Crippen molar-refractivity contribution in [2.24, 2.45) is 0 Å². The number of sulfonamides is 1. The Labute approximate surface area is 219 Å². The van der Waals surface area contributed by atoms with Crippen molar-refractivity contribution in [1.82, 2.24) is 14.5 Å². The highest BCUT2D eigenvalue weighted by Gasteiger charge is 2.31. The monoisotopic (exact) mass is 550 g/mol. The van der Waals surface area contributed by atoms with E-state index in [1.165, 1.54) is 39.9 Å². The van der Waals surface area contributed by atoms with E-state index in [-0.39, 0.29) is 29.1 Å². The average Bonchev–Trinajstić information content (AvgIpc) is 3.26. The number of amides is 3.